The number of hydrogen-bond donors (Lipinski definition) is 0. The van der Waals surface area contributed by atoms with E-state index in [0.717, 1.165) is 77.7 Å². The molecule has 7 heteroatoms. The van der Waals surface area contributed by atoms with Crippen LogP contribution in [0.5, 0.6) is 11.5 Å². The number of halogens is 1. The molecule has 0 unspecified atom stereocenters. The first kappa shape index (κ1) is 36.3. The Morgan fingerprint density at radius 3 is 1.98 bits per heavy atom. The topological polar surface area (TPSA) is 33.5 Å². The van der Waals surface area contributed by atoms with Gasteiger partial charge in [0.2, 0.25) is 0 Å². The second-order valence-corrected chi connectivity index (χ2v) is 14.2. The van der Waals surface area contributed by atoms with Crippen LogP contribution in [0, 0.1) is 24.6 Å². The molecule has 0 radical (unpaired) electrons. The minimum absolute atomic E-state index is 0. The number of anilines is 4. The van der Waals surface area contributed by atoms with E-state index >= 15 is 4.39 Å². The smallest absolute Gasteiger partial charge is 0.135 e. The van der Waals surface area contributed by atoms with Crippen LogP contribution in [0.4, 0.5) is 27.1 Å². The molecule has 0 atom stereocenters. The molecule has 0 saturated carbocycles. The predicted molar refractivity (Wildman–Crippen MR) is 233 cm³/mol. The van der Waals surface area contributed by atoms with Crippen molar-refractivity contribution < 1.29 is 29.6 Å². The maximum Gasteiger partial charge on any atom is 0.135 e. The first-order chi connectivity index (χ1) is 28.7. The van der Waals surface area contributed by atoms with E-state index in [4.69, 9.17) is 4.74 Å². The Labute approximate surface area is 354 Å². The van der Waals surface area contributed by atoms with Gasteiger partial charge < -0.3 is 19.1 Å². The fraction of sp³-hybridized carbons (Fsp3) is 0. The average Bonchev–Trinajstić information content (AvgIpc) is 3.83. The first-order valence-corrected chi connectivity index (χ1v) is 19.1. The van der Waals surface area contributed by atoms with E-state index in [9.17, 15) is 0 Å². The maximum atomic E-state index is 15.9. The zero-order valence-corrected chi connectivity index (χ0v) is 32.9. The van der Waals surface area contributed by atoms with Gasteiger partial charge in [0.1, 0.15) is 5.82 Å². The summed E-state index contributed by atoms with van der Waals surface area (Å²) in [6.45, 7) is 2.05. The Morgan fingerprint density at radius 1 is 0.542 bits per heavy atom. The third-order valence-electron chi connectivity index (χ3n) is 10.8. The summed E-state index contributed by atoms with van der Waals surface area (Å²) < 4.78 is 24.4. The molecule has 1 aliphatic heterocycles. The van der Waals surface area contributed by atoms with Crippen LogP contribution in [-0.2, 0) is 20.4 Å². The van der Waals surface area contributed by atoms with E-state index in [0.29, 0.717) is 11.4 Å². The third-order valence-corrected chi connectivity index (χ3v) is 10.8. The molecule has 0 saturated heterocycles. The summed E-state index contributed by atoms with van der Waals surface area (Å²) in [5.41, 5.74) is 9.52. The van der Waals surface area contributed by atoms with E-state index in [1.807, 2.05) is 66.2 Å². The normalized spacial score (nSPS) is 12.2. The molecule has 286 valence electrons. The molecule has 0 aliphatic carbocycles. The number of ether oxygens (including phenoxy) is 1. The quantitative estimate of drug-likeness (QED) is 0.118. The van der Waals surface area contributed by atoms with Crippen molar-refractivity contribution in [2.75, 3.05) is 9.80 Å². The van der Waals surface area contributed by atoms with Crippen molar-refractivity contribution in [1.29, 1.82) is 0 Å². The Morgan fingerprint density at radius 2 is 1.24 bits per heavy atom. The molecule has 59 heavy (non-hydrogen) atoms. The van der Waals surface area contributed by atoms with Crippen LogP contribution in [0.25, 0.3) is 60.6 Å². The van der Waals surface area contributed by atoms with Gasteiger partial charge in [0, 0.05) is 83.0 Å². The second-order valence-electron chi connectivity index (χ2n) is 14.2. The van der Waals surface area contributed by atoms with Crippen LogP contribution in [0.15, 0.2) is 188 Å². The molecule has 0 bridgehead atoms. The minimum Gasteiger partial charge on any atom is -0.509 e. The first-order valence-electron chi connectivity index (χ1n) is 19.1. The van der Waals surface area contributed by atoms with Crippen molar-refractivity contribution >= 4 is 55.3 Å². The SMILES string of the molecule is Fc1cc(Oc2[c-]c3c(cc2)c2ccccc2n3-c2ccccn2)[c-]c(N2[CH-]N(c3c(-c4ccccc4)cccc3-c3ccccc3)c3c2ccc2ccccc32)c1.[Pd]. The maximum absolute atomic E-state index is 15.9. The van der Waals surface area contributed by atoms with Gasteiger partial charge in [0.25, 0.3) is 0 Å². The van der Waals surface area contributed by atoms with Crippen LogP contribution < -0.4 is 14.5 Å². The van der Waals surface area contributed by atoms with Crippen molar-refractivity contribution in [3.8, 4) is 39.6 Å². The van der Waals surface area contributed by atoms with Gasteiger partial charge in [-0.15, -0.1) is 36.3 Å². The van der Waals surface area contributed by atoms with E-state index < -0.39 is 5.82 Å². The fourth-order valence-electron chi connectivity index (χ4n) is 8.25. The molecule has 0 fully saturated rings. The van der Waals surface area contributed by atoms with Crippen molar-refractivity contribution in [3.63, 3.8) is 0 Å². The summed E-state index contributed by atoms with van der Waals surface area (Å²) in [6.07, 6.45) is 1.78. The summed E-state index contributed by atoms with van der Waals surface area (Å²) >= 11 is 0. The number of benzene rings is 8. The molecule has 10 aromatic rings. The van der Waals surface area contributed by atoms with Gasteiger partial charge >= 0.3 is 0 Å². The van der Waals surface area contributed by atoms with E-state index in [1.54, 1.807) is 6.20 Å². The summed E-state index contributed by atoms with van der Waals surface area (Å²) in [7, 11) is 0. The summed E-state index contributed by atoms with van der Waals surface area (Å²) in [6, 6.07) is 67.6. The molecule has 0 amide bonds. The Balaban J connectivity index is 0.00000420. The number of rotatable bonds is 7. The van der Waals surface area contributed by atoms with Gasteiger partial charge in [-0.1, -0.05) is 151 Å². The third kappa shape index (κ3) is 6.33. The summed E-state index contributed by atoms with van der Waals surface area (Å²) in [4.78, 5) is 8.90. The molecule has 2 aromatic heterocycles. The Kier molecular flexibility index (Phi) is 9.26. The number of pyridine rings is 1. The monoisotopic (exact) mass is 853 g/mol. The minimum atomic E-state index is -0.448. The van der Waals surface area contributed by atoms with E-state index in [2.05, 4.69) is 142 Å². The largest absolute Gasteiger partial charge is 0.509 e. The Hall–Kier alpha value is -7.04. The number of nitrogens with zero attached hydrogens (tertiary/aromatic N) is 4. The van der Waals surface area contributed by atoms with Gasteiger partial charge in [-0.25, -0.2) is 9.37 Å². The average molecular weight is 854 g/mol. The fourth-order valence-corrected chi connectivity index (χ4v) is 8.25. The van der Waals surface area contributed by atoms with Gasteiger partial charge in [-0.2, -0.15) is 6.07 Å². The van der Waals surface area contributed by atoms with Crippen molar-refractivity contribution in [3.05, 3.63) is 213 Å². The second kappa shape index (κ2) is 15.0. The zero-order valence-electron chi connectivity index (χ0n) is 31.4. The molecule has 1 aliphatic rings. The summed E-state index contributed by atoms with van der Waals surface area (Å²) in [5, 5.41) is 4.26. The van der Waals surface area contributed by atoms with Crippen LogP contribution in [0.1, 0.15) is 0 Å². The molecule has 11 rings (SSSR count). The number of aromatic nitrogens is 2. The number of hydrogen-bond acceptors (Lipinski definition) is 4. The Bertz CT molecular complexity index is 3100. The standard InChI is InChI=1S/C52H32FN4O.Pd/c53-38-30-39(32-41(31-38)58-40-26-27-46-45-20-9-10-23-47(45)57(49(46)33-40)50-24-11-12-29-54-50)55-34-56(52-44-19-8-7-18-37(44)25-28-48(52)55)51-42(35-14-3-1-4-15-35)21-13-22-43(51)36-16-5-2-6-17-36;/h1-31,34H;/q-3;. The van der Waals surface area contributed by atoms with Crippen molar-refractivity contribution in [2.24, 2.45) is 0 Å². The molecule has 3 heterocycles. The summed E-state index contributed by atoms with van der Waals surface area (Å²) in [5.74, 6) is 0.987. The van der Waals surface area contributed by atoms with Gasteiger partial charge in [0.15, 0.2) is 0 Å². The zero-order chi connectivity index (χ0) is 38.6. The van der Waals surface area contributed by atoms with E-state index in [1.165, 1.54) is 12.1 Å². The van der Waals surface area contributed by atoms with Gasteiger partial charge in [-0.05, 0) is 46.2 Å². The number of fused-ring (bicyclic) bond motifs is 6. The predicted octanol–water partition coefficient (Wildman–Crippen LogP) is 13.6. The van der Waals surface area contributed by atoms with Crippen LogP contribution >= 0.6 is 0 Å². The number of para-hydroxylation sites is 2. The van der Waals surface area contributed by atoms with Crippen molar-refractivity contribution in [2.45, 2.75) is 0 Å². The van der Waals surface area contributed by atoms with Crippen LogP contribution in [-0.4, -0.2) is 9.55 Å². The van der Waals surface area contributed by atoms with Gasteiger partial charge in [0.05, 0.1) is 0 Å². The van der Waals surface area contributed by atoms with Gasteiger partial charge in [-0.3, -0.25) is 0 Å². The van der Waals surface area contributed by atoms with Crippen LogP contribution in [0.3, 0.4) is 0 Å². The molecular weight excluding hydrogens is 822 g/mol. The van der Waals surface area contributed by atoms with Crippen LogP contribution in [0.2, 0.25) is 0 Å². The molecular formula is C52H32FN4OPd-3. The van der Waals surface area contributed by atoms with E-state index in [-0.39, 0.29) is 26.2 Å². The molecule has 8 aromatic carbocycles. The van der Waals surface area contributed by atoms with Crippen molar-refractivity contribution in [1.82, 2.24) is 9.55 Å². The molecule has 5 nitrogen and oxygen atoms in total. The molecule has 0 spiro atoms. The molecule has 0 N–H and O–H groups in total.